The van der Waals surface area contributed by atoms with Crippen LogP contribution in [0.2, 0.25) is 5.02 Å². The van der Waals surface area contributed by atoms with Crippen molar-refractivity contribution >= 4 is 28.5 Å². The number of carbonyl (C=O) groups excluding carboxylic acids is 1. The molecule has 3 heterocycles. The van der Waals surface area contributed by atoms with Gasteiger partial charge >= 0.3 is 5.97 Å². The number of aromatic hydroxyl groups is 1. The van der Waals surface area contributed by atoms with E-state index in [1.807, 2.05) is 31.2 Å². The van der Waals surface area contributed by atoms with Crippen molar-refractivity contribution in [2.24, 2.45) is 5.92 Å². The zero-order valence-corrected chi connectivity index (χ0v) is 17.5. The molecule has 1 aliphatic heterocycles. The predicted molar refractivity (Wildman–Crippen MR) is 115 cm³/mol. The summed E-state index contributed by atoms with van der Waals surface area (Å²) in [5.41, 5.74) is 1.95. The maximum absolute atomic E-state index is 12.1. The first-order chi connectivity index (χ1) is 14.6. The maximum Gasteiger partial charge on any atom is 0.309 e. The third-order valence-corrected chi connectivity index (χ3v) is 5.93. The molecule has 0 aliphatic carbocycles. The summed E-state index contributed by atoms with van der Waals surface area (Å²) >= 11 is 6.55. The van der Waals surface area contributed by atoms with Gasteiger partial charge in [0.25, 0.3) is 0 Å². The summed E-state index contributed by atoms with van der Waals surface area (Å²) in [7, 11) is 0. The minimum Gasteiger partial charge on any atom is -0.505 e. The number of hydrogen-bond acceptors (Lipinski definition) is 6. The average Bonchev–Trinajstić information content (AvgIpc) is 2.79. The van der Waals surface area contributed by atoms with Crippen LogP contribution in [0, 0.1) is 5.92 Å². The lowest BCUT2D eigenvalue weighted by Crippen LogP contribution is -2.40. The molecular weight excluding hydrogens is 402 g/mol. The number of fused-ring (bicyclic) bond motifs is 1. The Kier molecular flexibility index (Phi) is 6.16. The van der Waals surface area contributed by atoms with Crippen molar-refractivity contribution in [1.82, 2.24) is 14.9 Å². The van der Waals surface area contributed by atoms with Gasteiger partial charge in [0.2, 0.25) is 0 Å². The smallest absolute Gasteiger partial charge is 0.309 e. The Morgan fingerprint density at radius 1 is 1.23 bits per heavy atom. The Balaban J connectivity index is 1.72. The molecule has 1 fully saturated rings. The second-order valence-electron chi connectivity index (χ2n) is 7.42. The van der Waals surface area contributed by atoms with E-state index in [4.69, 9.17) is 16.3 Å². The number of likely N-dealkylation sites (tertiary alicyclic amines) is 1. The van der Waals surface area contributed by atoms with Gasteiger partial charge < -0.3 is 9.84 Å². The lowest BCUT2D eigenvalue weighted by atomic mass is 9.92. The first-order valence-electron chi connectivity index (χ1n) is 10.2. The molecular formula is C23H24ClN3O3. The van der Waals surface area contributed by atoms with Crippen LogP contribution < -0.4 is 0 Å². The summed E-state index contributed by atoms with van der Waals surface area (Å²) in [6, 6.07) is 10.9. The molecule has 7 heteroatoms. The van der Waals surface area contributed by atoms with Crippen LogP contribution in [-0.2, 0) is 9.53 Å². The molecule has 1 saturated heterocycles. The van der Waals surface area contributed by atoms with Crippen LogP contribution in [0.25, 0.3) is 10.9 Å². The summed E-state index contributed by atoms with van der Waals surface area (Å²) < 4.78 is 5.19. The first kappa shape index (κ1) is 20.6. The lowest BCUT2D eigenvalue weighted by molar-refractivity contribution is -0.149. The Morgan fingerprint density at radius 3 is 2.70 bits per heavy atom. The van der Waals surface area contributed by atoms with Crippen LogP contribution in [0.3, 0.4) is 0 Å². The number of ether oxygens (including phenoxy) is 1. The summed E-state index contributed by atoms with van der Waals surface area (Å²) in [6.45, 7) is 3.58. The number of esters is 1. The van der Waals surface area contributed by atoms with E-state index < -0.39 is 0 Å². The number of piperidine rings is 1. The number of pyridine rings is 2. The van der Waals surface area contributed by atoms with Gasteiger partial charge in [-0.3, -0.25) is 19.7 Å². The SMILES string of the molecule is CCOC(=O)C1CCN([C@@H](c2ccccn2)c2cc(Cl)c3cccnc3c2O)CC1. The van der Waals surface area contributed by atoms with E-state index in [0.717, 1.165) is 5.69 Å². The van der Waals surface area contributed by atoms with Crippen LogP contribution >= 0.6 is 11.6 Å². The van der Waals surface area contributed by atoms with E-state index in [9.17, 15) is 9.90 Å². The molecule has 0 spiro atoms. The molecule has 0 unspecified atom stereocenters. The summed E-state index contributed by atoms with van der Waals surface area (Å²) in [6.07, 6.45) is 4.78. The minimum absolute atomic E-state index is 0.0963. The standard InChI is InChI=1S/C23H24ClN3O3/c1-2-30-23(29)15-8-12-27(13-9-15)21(19-7-3-4-10-25-19)17-14-18(24)16-6-5-11-26-20(16)22(17)28/h3-7,10-11,14-15,21,28H,2,8-9,12-13H2,1H3/t21-/m1/s1. The average molecular weight is 426 g/mol. The lowest BCUT2D eigenvalue weighted by Gasteiger charge is -2.37. The van der Waals surface area contributed by atoms with Crippen molar-refractivity contribution in [3.05, 3.63) is 65.1 Å². The molecule has 1 aromatic carbocycles. The van der Waals surface area contributed by atoms with Crippen LogP contribution in [0.4, 0.5) is 0 Å². The van der Waals surface area contributed by atoms with Crippen molar-refractivity contribution in [1.29, 1.82) is 0 Å². The second-order valence-corrected chi connectivity index (χ2v) is 7.82. The number of rotatable bonds is 5. The van der Waals surface area contributed by atoms with Crippen LogP contribution in [-0.4, -0.2) is 45.6 Å². The summed E-state index contributed by atoms with van der Waals surface area (Å²) in [4.78, 5) is 23.3. The van der Waals surface area contributed by atoms with Crippen molar-refractivity contribution in [3.63, 3.8) is 0 Å². The van der Waals surface area contributed by atoms with Gasteiger partial charge in [-0.2, -0.15) is 0 Å². The highest BCUT2D eigenvalue weighted by Gasteiger charge is 2.33. The third-order valence-electron chi connectivity index (χ3n) is 5.62. The van der Waals surface area contributed by atoms with Crippen LogP contribution in [0.15, 0.2) is 48.8 Å². The van der Waals surface area contributed by atoms with Crippen molar-refractivity contribution in [2.75, 3.05) is 19.7 Å². The molecule has 3 aromatic rings. The highest BCUT2D eigenvalue weighted by molar-refractivity contribution is 6.35. The van der Waals surface area contributed by atoms with Crippen molar-refractivity contribution in [2.45, 2.75) is 25.8 Å². The molecule has 0 saturated carbocycles. The van der Waals surface area contributed by atoms with Gasteiger partial charge in [0.05, 0.1) is 29.3 Å². The van der Waals surface area contributed by atoms with Crippen molar-refractivity contribution < 1.29 is 14.6 Å². The van der Waals surface area contributed by atoms with Gasteiger partial charge in [0.15, 0.2) is 0 Å². The Bertz CT molecular complexity index is 1040. The van der Waals surface area contributed by atoms with E-state index in [1.54, 1.807) is 24.5 Å². The molecule has 4 rings (SSSR count). The Morgan fingerprint density at radius 2 is 2.00 bits per heavy atom. The molecule has 156 valence electrons. The fraction of sp³-hybridized carbons (Fsp3) is 0.348. The Labute approximate surface area is 180 Å². The van der Waals surface area contributed by atoms with E-state index in [0.29, 0.717) is 54.0 Å². The largest absolute Gasteiger partial charge is 0.505 e. The maximum atomic E-state index is 12.1. The fourth-order valence-electron chi connectivity index (χ4n) is 4.15. The topological polar surface area (TPSA) is 75.5 Å². The van der Waals surface area contributed by atoms with E-state index >= 15 is 0 Å². The predicted octanol–water partition coefficient (Wildman–Crippen LogP) is 4.35. The molecule has 1 N–H and O–H groups in total. The molecule has 0 bridgehead atoms. The number of nitrogens with zero attached hydrogens (tertiary/aromatic N) is 3. The summed E-state index contributed by atoms with van der Waals surface area (Å²) in [5.74, 6) is -0.119. The van der Waals surface area contributed by atoms with E-state index in [2.05, 4.69) is 14.9 Å². The normalized spacial score (nSPS) is 16.5. The zero-order chi connectivity index (χ0) is 21.1. The second kappa shape index (κ2) is 8.98. The number of aromatic nitrogens is 2. The Hall–Kier alpha value is -2.70. The monoisotopic (exact) mass is 425 g/mol. The van der Waals surface area contributed by atoms with E-state index in [-0.39, 0.29) is 23.7 Å². The first-order valence-corrected chi connectivity index (χ1v) is 10.6. The van der Waals surface area contributed by atoms with Crippen LogP contribution in [0.1, 0.15) is 37.1 Å². The van der Waals surface area contributed by atoms with Gasteiger partial charge in [0, 0.05) is 23.3 Å². The highest BCUT2D eigenvalue weighted by atomic mass is 35.5. The third kappa shape index (κ3) is 3.98. The molecule has 0 radical (unpaired) electrons. The number of phenolic OH excluding ortho intramolecular Hbond substituents is 1. The van der Waals surface area contributed by atoms with Gasteiger partial charge in [0.1, 0.15) is 11.3 Å². The number of phenols is 1. The number of hydrogen-bond donors (Lipinski definition) is 1. The molecule has 6 nitrogen and oxygen atoms in total. The molecule has 1 aliphatic rings. The van der Waals surface area contributed by atoms with Gasteiger partial charge in [-0.15, -0.1) is 0 Å². The van der Waals surface area contributed by atoms with Gasteiger partial charge in [-0.05, 0) is 63.2 Å². The zero-order valence-electron chi connectivity index (χ0n) is 16.8. The number of benzene rings is 1. The number of carbonyl (C=O) groups is 1. The van der Waals surface area contributed by atoms with Crippen LogP contribution in [0.5, 0.6) is 5.75 Å². The number of halogens is 1. The van der Waals surface area contributed by atoms with Gasteiger partial charge in [-0.25, -0.2) is 0 Å². The van der Waals surface area contributed by atoms with Crippen molar-refractivity contribution in [3.8, 4) is 5.75 Å². The molecule has 30 heavy (non-hydrogen) atoms. The quantitative estimate of drug-likeness (QED) is 0.612. The summed E-state index contributed by atoms with van der Waals surface area (Å²) in [5, 5.41) is 12.3. The molecule has 0 amide bonds. The van der Waals surface area contributed by atoms with Gasteiger partial charge in [-0.1, -0.05) is 17.7 Å². The highest BCUT2D eigenvalue weighted by Crippen LogP contribution is 2.41. The minimum atomic E-state index is -0.293. The van der Waals surface area contributed by atoms with E-state index in [1.165, 1.54) is 0 Å². The molecule has 1 atom stereocenters. The fourth-order valence-corrected chi connectivity index (χ4v) is 4.42. The molecule has 2 aromatic heterocycles.